The lowest BCUT2D eigenvalue weighted by Crippen LogP contribution is -2.50. The van der Waals surface area contributed by atoms with Crippen molar-refractivity contribution in [2.75, 3.05) is 26.2 Å². The largest absolute Gasteiger partial charge is 0.508 e. The van der Waals surface area contributed by atoms with E-state index in [1.807, 2.05) is 23.1 Å². The lowest BCUT2D eigenvalue weighted by atomic mass is 10.1. The molecule has 1 N–H and O–H groups in total. The van der Waals surface area contributed by atoms with Crippen LogP contribution >= 0.6 is 11.8 Å². The van der Waals surface area contributed by atoms with Crippen molar-refractivity contribution in [2.45, 2.75) is 55.2 Å². The molecule has 0 aliphatic carbocycles. The molecule has 2 aliphatic heterocycles. The van der Waals surface area contributed by atoms with Crippen molar-refractivity contribution in [2.24, 2.45) is 4.99 Å². The van der Waals surface area contributed by atoms with Crippen LogP contribution in [0.25, 0.3) is 0 Å². The molecule has 0 spiro atoms. The second-order valence-electron chi connectivity index (χ2n) is 8.22. The molecule has 2 aromatic rings. The van der Waals surface area contributed by atoms with Crippen LogP contribution in [0.1, 0.15) is 51.0 Å². The van der Waals surface area contributed by atoms with Crippen LogP contribution in [0.4, 0.5) is 5.69 Å². The first kappa shape index (κ1) is 21.8. The van der Waals surface area contributed by atoms with Crippen LogP contribution in [-0.4, -0.2) is 52.8 Å². The van der Waals surface area contributed by atoms with E-state index >= 15 is 0 Å². The molecule has 0 unspecified atom stereocenters. The van der Waals surface area contributed by atoms with Crippen LogP contribution in [0, 0.1) is 0 Å². The number of piperazine rings is 1. The number of hydrogen-bond donors (Lipinski definition) is 1. The van der Waals surface area contributed by atoms with Gasteiger partial charge < -0.3 is 14.9 Å². The molecule has 2 aromatic carbocycles. The number of aliphatic imine (C=N–C) groups is 1. The highest BCUT2D eigenvalue weighted by Crippen LogP contribution is 2.42. The molecule has 0 atom stereocenters. The molecule has 5 nitrogen and oxygen atoms in total. The SMILES string of the molecule is CCCCCCCC(=O)N1CCN(C2=Nc3ccc(O)cc3Sc3ccccc32)CC1. The second-order valence-corrected chi connectivity index (χ2v) is 9.30. The highest BCUT2D eigenvalue weighted by molar-refractivity contribution is 7.99. The van der Waals surface area contributed by atoms with Gasteiger partial charge in [0.1, 0.15) is 11.6 Å². The molecule has 4 rings (SSSR count). The number of amides is 1. The molecule has 1 saturated heterocycles. The summed E-state index contributed by atoms with van der Waals surface area (Å²) in [5.41, 5.74) is 1.98. The number of carbonyl (C=O) groups is 1. The Morgan fingerprint density at radius 1 is 1.00 bits per heavy atom. The summed E-state index contributed by atoms with van der Waals surface area (Å²) in [6.07, 6.45) is 6.54. The minimum Gasteiger partial charge on any atom is -0.508 e. The van der Waals surface area contributed by atoms with E-state index in [2.05, 4.69) is 24.0 Å². The zero-order valence-corrected chi connectivity index (χ0v) is 19.0. The summed E-state index contributed by atoms with van der Waals surface area (Å²) >= 11 is 1.64. The first-order chi connectivity index (χ1) is 15.2. The van der Waals surface area contributed by atoms with E-state index in [4.69, 9.17) is 4.99 Å². The van der Waals surface area contributed by atoms with Crippen LogP contribution in [0.2, 0.25) is 0 Å². The summed E-state index contributed by atoms with van der Waals surface area (Å²) in [7, 11) is 0. The molecule has 1 amide bonds. The molecular formula is C25H31N3O2S. The fraction of sp³-hybridized carbons (Fsp3) is 0.440. The Labute approximate surface area is 189 Å². The summed E-state index contributed by atoms with van der Waals surface area (Å²) in [4.78, 5) is 24.0. The van der Waals surface area contributed by atoms with E-state index in [-0.39, 0.29) is 11.7 Å². The Morgan fingerprint density at radius 2 is 1.77 bits per heavy atom. The van der Waals surface area contributed by atoms with E-state index < -0.39 is 0 Å². The third kappa shape index (κ3) is 5.24. The van der Waals surface area contributed by atoms with Gasteiger partial charge in [0.25, 0.3) is 0 Å². The third-order valence-corrected chi connectivity index (χ3v) is 7.07. The molecule has 0 aromatic heterocycles. The van der Waals surface area contributed by atoms with Gasteiger partial charge in [-0.05, 0) is 30.7 Å². The first-order valence-electron chi connectivity index (χ1n) is 11.4. The van der Waals surface area contributed by atoms with Gasteiger partial charge in [-0.1, -0.05) is 62.6 Å². The van der Waals surface area contributed by atoms with E-state index in [0.29, 0.717) is 6.42 Å². The molecule has 2 aliphatic rings. The van der Waals surface area contributed by atoms with Crippen molar-refractivity contribution in [3.05, 3.63) is 48.0 Å². The lowest BCUT2D eigenvalue weighted by molar-refractivity contribution is -0.132. The average Bonchev–Trinajstić information content (AvgIpc) is 2.95. The number of unbranched alkanes of at least 4 members (excludes halogenated alkanes) is 4. The summed E-state index contributed by atoms with van der Waals surface area (Å²) < 4.78 is 0. The van der Waals surface area contributed by atoms with Crippen LogP contribution in [0.3, 0.4) is 0 Å². The smallest absolute Gasteiger partial charge is 0.222 e. The lowest BCUT2D eigenvalue weighted by Gasteiger charge is -2.36. The third-order valence-electron chi connectivity index (χ3n) is 5.94. The number of rotatable bonds is 6. The molecular weight excluding hydrogens is 406 g/mol. The molecule has 0 radical (unpaired) electrons. The monoisotopic (exact) mass is 437 g/mol. The molecule has 31 heavy (non-hydrogen) atoms. The Balaban J connectivity index is 1.45. The van der Waals surface area contributed by atoms with Gasteiger partial charge in [-0.2, -0.15) is 0 Å². The molecule has 164 valence electrons. The van der Waals surface area contributed by atoms with Gasteiger partial charge in [-0.3, -0.25) is 4.79 Å². The van der Waals surface area contributed by atoms with Gasteiger partial charge in [0.15, 0.2) is 0 Å². The summed E-state index contributed by atoms with van der Waals surface area (Å²) in [5, 5.41) is 9.92. The van der Waals surface area contributed by atoms with Gasteiger partial charge in [-0.25, -0.2) is 4.99 Å². The Bertz CT molecular complexity index is 952. The number of benzene rings is 2. The van der Waals surface area contributed by atoms with Crippen LogP contribution in [-0.2, 0) is 4.79 Å². The summed E-state index contributed by atoms with van der Waals surface area (Å²) in [6, 6.07) is 13.6. The molecule has 0 saturated carbocycles. The predicted octanol–water partition coefficient (Wildman–Crippen LogP) is 5.44. The molecule has 6 heteroatoms. The van der Waals surface area contributed by atoms with Crippen LogP contribution < -0.4 is 0 Å². The fourth-order valence-corrected chi connectivity index (χ4v) is 5.21. The normalized spacial score (nSPS) is 15.7. The van der Waals surface area contributed by atoms with Gasteiger partial charge >= 0.3 is 0 Å². The number of fused-ring (bicyclic) bond motifs is 2. The molecule has 2 heterocycles. The maximum Gasteiger partial charge on any atom is 0.222 e. The van der Waals surface area contributed by atoms with E-state index in [9.17, 15) is 9.90 Å². The molecule has 1 fully saturated rings. The maximum atomic E-state index is 12.6. The highest BCUT2D eigenvalue weighted by atomic mass is 32.2. The Kier molecular flexibility index (Phi) is 7.17. The number of phenolic OH excluding ortho intramolecular Hbond substituents is 1. The zero-order chi connectivity index (χ0) is 21.6. The average molecular weight is 438 g/mol. The standard InChI is InChI=1S/C25H31N3O2S/c1-2-3-4-5-6-11-24(30)27-14-16-28(17-15-27)25-20-9-7-8-10-22(20)31-23-18-19(29)12-13-21(23)26-25/h7-10,12-13,18,29H,2-6,11,14-17H2,1H3. The van der Waals surface area contributed by atoms with E-state index in [0.717, 1.165) is 65.9 Å². The summed E-state index contributed by atoms with van der Waals surface area (Å²) in [6.45, 7) is 5.26. The van der Waals surface area contributed by atoms with E-state index in [1.165, 1.54) is 19.3 Å². The number of aromatic hydroxyl groups is 1. The quantitative estimate of drug-likeness (QED) is 0.612. The van der Waals surface area contributed by atoms with Gasteiger partial charge in [0, 0.05) is 48.0 Å². The molecule has 0 bridgehead atoms. The number of amidine groups is 1. The first-order valence-corrected chi connectivity index (χ1v) is 12.2. The Morgan fingerprint density at radius 3 is 2.58 bits per heavy atom. The van der Waals surface area contributed by atoms with Gasteiger partial charge in [0.05, 0.1) is 5.69 Å². The van der Waals surface area contributed by atoms with Crippen LogP contribution in [0.15, 0.2) is 57.2 Å². The maximum absolute atomic E-state index is 12.6. The minimum absolute atomic E-state index is 0.254. The number of hydrogen-bond acceptors (Lipinski definition) is 5. The minimum atomic E-state index is 0.254. The Hall–Kier alpha value is -2.47. The number of carbonyl (C=O) groups excluding carboxylic acids is 1. The number of phenols is 1. The van der Waals surface area contributed by atoms with Crippen molar-refractivity contribution in [1.29, 1.82) is 0 Å². The van der Waals surface area contributed by atoms with E-state index in [1.54, 1.807) is 23.9 Å². The number of nitrogens with zero attached hydrogens (tertiary/aromatic N) is 3. The van der Waals surface area contributed by atoms with Crippen molar-refractivity contribution < 1.29 is 9.90 Å². The zero-order valence-electron chi connectivity index (χ0n) is 18.2. The van der Waals surface area contributed by atoms with Gasteiger partial charge in [-0.15, -0.1) is 0 Å². The summed E-state index contributed by atoms with van der Waals surface area (Å²) in [5.74, 6) is 1.50. The van der Waals surface area contributed by atoms with Crippen molar-refractivity contribution in [3.63, 3.8) is 0 Å². The van der Waals surface area contributed by atoms with Crippen molar-refractivity contribution in [1.82, 2.24) is 9.80 Å². The topological polar surface area (TPSA) is 56.1 Å². The predicted molar refractivity (Wildman–Crippen MR) is 126 cm³/mol. The van der Waals surface area contributed by atoms with Crippen LogP contribution in [0.5, 0.6) is 5.75 Å². The fourth-order valence-electron chi connectivity index (χ4n) is 4.16. The highest BCUT2D eigenvalue weighted by Gasteiger charge is 2.26. The van der Waals surface area contributed by atoms with Gasteiger partial charge in [0.2, 0.25) is 5.91 Å². The van der Waals surface area contributed by atoms with Crippen molar-refractivity contribution in [3.8, 4) is 5.75 Å². The second kappa shape index (κ2) is 10.2. The van der Waals surface area contributed by atoms with Crippen molar-refractivity contribution >= 4 is 29.2 Å².